The standard InChI is InChI=1S/C14H19N3S/c1-5-8-15-14-10(3)13(16-11(4)17-14)12-7-6-9(2)18-12/h6-7H,5,8H2,1-4H3,(H,15,16,17). The SMILES string of the molecule is CCCNc1nc(C)nc(-c2ccc(C)s2)c1C. The summed E-state index contributed by atoms with van der Waals surface area (Å²) in [5.41, 5.74) is 2.19. The van der Waals surface area contributed by atoms with E-state index in [0.29, 0.717) is 0 Å². The molecule has 0 aliphatic rings. The second-order valence-electron chi connectivity index (χ2n) is 4.43. The molecule has 4 heteroatoms. The first-order valence-corrected chi connectivity index (χ1v) is 7.09. The van der Waals surface area contributed by atoms with Gasteiger partial charge in [0.1, 0.15) is 11.6 Å². The molecule has 0 saturated carbocycles. The zero-order valence-corrected chi connectivity index (χ0v) is 12.2. The van der Waals surface area contributed by atoms with Gasteiger partial charge in [0, 0.05) is 17.0 Å². The molecule has 2 aromatic heterocycles. The van der Waals surface area contributed by atoms with Crippen LogP contribution in [0.25, 0.3) is 10.6 Å². The van der Waals surface area contributed by atoms with E-state index in [0.717, 1.165) is 35.9 Å². The minimum Gasteiger partial charge on any atom is -0.370 e. The average molecular weight is 261 g/mol. The van der Waals surface area contributed by atoms with Crippen molar-refractivity contribution in [2.45, 2.75) is 34.1 Å². The number of aromatic nitrogens is 2. The van der Waals surface area contributed by atoms with Crippen LogP contribution in [0.4, 0.5) is 5.82 Å². The van der Waals surface area contributed by atoms with E-state index in [1.54, 1.807) is 11.3 Å². The van der Waals surface area contributed by atoms with Gasteiger partial charge in [0.2, 0.25) is 0 Å². The van der Waals surface area contributed by atoms with Crippen LogP contribution in [0.3, 0.4) is 0 Å². The maximum Gasteiger partial charge on any atom is 0.133 e. The van der Waals surface area contributed by atoms with Crippen molar-refractivity contribution in [2.24, 2.45) is 0 Å². The molecule has 0 atom stereocenters. The third kappa shape index (κ3) is 2.70. The van der Waals surface area contributed by atoms with Crippen molar-refractivity contribution in [3.05, 3.63) is 28.4 Å². The van der Waals surface area contributed by atoms with Crippen LogP contribution in [-0.4, -0.2) is 16.5 Å². The van der Waals surface area contributed by atoms with Gasteiger partial charge >= 0.3 is 0 Å². The smallest absolute Gasteiger partial charge is 0.133 e. The van der Waals surface area contributed by atoms with Gasteiger partial charge in [0.25, 0.3) is 0 Å². The summed E-state index contributed by atoms with van der Waals surface area (Å²) in [5.74, 6) is 1.78. The van der Waals surface area contributed by atoms with Gasteiger partial charge < -0.3 is 5.32 Å². The number of hydrogen-bond donors (Lipinski definition) is 1. The van der Waals surface area contributed by atoms with Gasteiger partial charge in [-0.15, -0.1) is 11.3 Å². The Balaban J connectivity index is 2.44. The Morgan fingerprint density at radius 1 is 1.17 bits per heavy atom. The fraction of sp³-hybridized carbons (Fsp3) is 0.429. The molecule has 96 valence electrons. The molecule has 18 heavy (non-hydrogen) atoms. The molecular formula is C14H19N3S. The molecule has 0 aromatic carbocycles. The number of thiophene rings is 1. The highest BCUT2D eigenvalue weighted by molar-refractivity contribution is 7.15. The van der Waals surface area contributed by atoms with E-state index in [-0.39, 0.29) is 0 Å². The number of hydrogen-bond acceptors (Lipinski definition) is 4. The van der Waals surface area contributed by atoms with Gasteiger partial charge in [-0.3, -0.25) is 0 Å². The molecule has 0 bridgehead atoms. The predicted octanol–water partition coefficient (Wildman–Crippen LogP) is 3.95. The normalized spacial score (nSPS) is 10.7. The minimum atomic E-state index is 0.820. The maximum atomic E-state index is 4.58. The van der Waals surface area contributed by atoms with Crippen molar-refractivity contribution < 1.29 is 0 Å². The van der Waals surface area contributed by atoms with Gasteiger partial charge in [-0.05, 0) is 39.3 Å². The lowest BCUT2D eigenvalue weighted by molar-refractivity contribution is 0.948. The van der Waals surface area contributed by atoms with Crippen molar-refractivity contribution >= 4 is 17.2 Å². The van der Waals surface area contributed by atoms with Gasteiger partial charge in [-0.25, -0.2) is 9.97 Å². The van der Waals surface area contributed by atoms with Crippen LogP contribution in [-0.2, 0) is 0 Å². The molecule has 0 radical (unpaired) electrons. The summed E-state index contributed by atoms with van der Waals surface area (Å²) in [6.07, 6.45) is 1.09. The zero-order chi connectivity index (χ0) is 13.1. The lowest BCUT2D eigenvalue weighted by Crippen LogP contribution is -2.07. The Labute approximate surface area is 112 Å². The summed E-state index contributed by atoms with van der Waals surface area (Å²) >= 11 is 1.78. The van der Waals surface area contributed by atoms with E-state index in [1.165, 1.54) is 9.75 Å². The number of anilines is 1. The van der Waals surface area contributed by atoms with E-state index in [4.69, 9.17) is 0 Å². The number of nitrogens with one attached hydrogen (secondary N) is 1. The monoisotopic (exact) mass is 261 g/mol. The molecule has 0 spiro atoms. The molecule has 0 unspecified atom stereocenters. The number of nitrogens with zero attached hydrogens (tertiary/aromatic N) is 2. The van der Waals surface area contributed by atoms with Gasteiger partial charge in [0.15, 0.2) is 0 Å². The lowest BCUT2D eigenvalue weighted by atomic mass is 10.2. The number of rotatable bonds is 4. The van der Waals surface area contributed by atoms with Crippen LogP contribution in [0.1, 0.15) is 29.6 Å². The van der Waals surface area contributed by atoms with E-state index in [1.807, 2.05) is 6.92 Å². The molecule has 2 heterocycles. The molecule has 0 amide bonds. The Morgan fingerprint density at radius 2 is 1.94 bits per heavy atom. The van der Waals surface area contributed by atoms with Crippen LogP contribution < -0.4 is 5.32 Å². The first kappa shape index (κ1) is 13.0. The average Bonchev–Trinajstić information content (AvgIpc) is 2.76. The fourth-order valence-corrected chi connectivity index (χ4v) is 2.76. The van der Waals surface area contributed by atoms with E-state index in [9.17, 15) is 0 Å². The van der Waals surface area contributed by atoms with Gasteiger partial charge in [0.05, 0.1) is 10.6 Å². The van der Waals surface area contributed by atoms with Crippen molar-refractivity contribution in [1.82, 2.24) is 9.97 Å². The molecule has 0 fully saturated rings. The van der Waals surface area contributed by atoms with Crippen molar-refractivity contribution in [1.29, 1.82) is 0 Å². The van der Waals surface area contributed by atoms with E-state index < -0.39 is 0 Å². The first-order chi connectivity index (χ1) is 8.61. The van der Waals surface area contributed by atoms with Crippen LogP contribution in [0, 0.1) is 20.8 Å². The summed E-state index contributed by atoms with van der Waals surface area (Å²) in [7, 11) is 0. The second-order valence-corrected chi connectivity index (χ2v) is 5.72. The van der Waals surface area contributed by atoms with Gasteiger partial charge in [-0.1, -0.05) is 6.92 Å². The fourth-order valence-electron chi connectivity index (χ4n) is 1.85. The largest absolute Gasteiger partial charge is 0.370 e. The summed E-state index contributed by atoms with van der Waals surface area (Å²) in [5, 5.41) is 3.37. The van der Waals surface area contributed by atoms with Crippen LogP contribution in [0.5, 0.6) is 0 Å². The maximum absolute atomic E-state index is 4.58. The molecule has 1 N–H and O–H groups in total. The van der Waals surface area contributed by atoms with Crippen molar-refractivity contribution in [3.63, 3.8) is 0 Å². The third-order valence-electron chi connectivity index (χ3n) is 2.77. The first-order valence-electron chi connectivity index (χ1n) is 6.27. The number of aryl methyl sites for hydroxylation is 2. The molecule has 2 rings (SSSR count). The van der Waals surface area contributed by atoms with E-state index in [2.05, 4.69) is 48.2 Å². The van der Waals surface area contributed by atoms with Crippen LogP contribution in [0.2, 0.25) is 0 Å². The molecule has 2 aromatic rings. The Bertz CT molecular complexity index is 546. The molecular weight excluding hydrogens is 242 g/mol. The van der Waals surface area contributed by atoms with Crippen molar-refractivity contribution in [3.8, 4) is 10.6 Å². The Hall–Kier alpha value is -1.42. The highest BCUT2D eigenvalue weighted by atomic mass is 32.1. The zero-order valence-electron chi connectivity index (χ0n) is 11.4. The summed E-state index contributed by atoms with van der Waals surface area (Å²) in [4.78, 5) is 11.6. The summed E-state index contributed by atoms with van der Waals surface area (Å²) in [6.45, 7) is 9.25. The van der Waals surface area contributed by atoms with Crippen LogP contribution in [0.15, 0.2) is 12.1 Å². The summed E-state index contributed by atoms with van der Waals surface area (Å²) < 4.78 is 0. The third-order valence-corrected chi connectivity index (χ3v) is 3.78. The predicted molar refractivity (Wildman–Crippen MR) is 78.3 cm³/mol. The Kier molecular flexibility index (Phi) is 3.97. The summed E-state index contributed by atoms with van der Waals surface area (Å²) in [6, 6.07) is 4.27. The van der Waals surface area contributed by atoms with E-state index >= 15 is 0 Å². The molecule has 0 aliphatic carbocycles. The topological polar surface area (TPSA) is 37.8 Å². The highest BCUT2D eigenvalue weighted by Gasteiger charge is 2.12. The lowest BCUT2D eigenvalue weighted by Gasteiger charge is -2.11. The Morgan fingerprint density at radius 3 is 2.56 bits per heavy atom. The molecule has 0 saturated heterocycles. The quantitative estimate of drug-likeness (QED) is 0.905. The molecule has 0 aliphatic heterocycles. The highest BCUT2D eigenvalue weighted by Crippen LogP contribution is 2.31. The van der Waals surface area contributed by atoms with Gasteiger partial charge in [-0.2, -0.15) is 0 Å². The van der Waals surface area contributed by atoms with Crippen LogP contribution >= 0.6 is 11.3 Å². The minimum absolute atomic E-state index is 0.820. The molecule has 3 nitrogen and oxygen atoms in total. The van der Waals surface area contributed by atoms with Crippen molar-refractivity contribution in [2.75, 3.05) is 11.9 Å². The second kappa shape index (κ2) is 5.48.